The van der Waals surface area contributed by atoms with Gasteiger partial charge in [0.25, 0.3) is 10.0 Å². The molecule has 8 nitrogen and oxygen atoms in total. The van der Waals surface area contributed by atoms with Gasteiger partial charge in [-0.1, -0.05) is 0 Å². The zero-order chi connectivity index (χ0) is 19.8. The molecule has 0 bridgehead atoms. The highest BCUT2D eigenvalue weighted by Gasteiger charge is 2.27. The van der Waals surface area contributed by atoms with Gasteiger partial charge >= 0.3 is 0 Å². The number of aromatic nitrogens is 1. The minimum atomic E-state index is -3.44. The normalized spacial score (nSPS) is 16.2. The molecule has 154 valence electrons. The number of sulfonamides is 1. The van der Waals surface area contributed by atoms with Crippen molar-refractivity contribution in [1.29, 1.82) is 0 Å². The van der Waals surface area contributed by atoms with Crippen LogP contribution in [0.4, 0.5) is 0 Å². The molecule has 1 saturated heterocycles. The Balaban J connectivity index is 1.58. The summed E-state index contributed by atoms with van der Waals surface area (Å²) in [4.78, 5) is 5.49. The first-order chi connectivity index (χ1) is 13.6. The average molecular weight is 426 g/mol. The van der Waals surface area contributed by atoms with Crippen LogP contribution in [0, 0.1) is 0 Å². The maximum atomic E-state index is 12.7. The third-order valence-corrected chi connectivity index (χ3v) is 7.70. The lowest BCUT2D eigenvalue weighted by Gasteiger charge is -2.25. The topological polar surface area (TPSA) is 88.0 Å². The van der Waals surface area contributed by atoms with E-state index in [-0.39, 0.29) is 0 Å². The van der Waals surface area contributed by atoms with E-state index in [0.717, 1.165) is 30.5 Å². The van der Waals surface area contributed by atoms with E-state index in [1.807, 2.05) is 37.5 Å². The van der Waals surface area contributed by atoms with Gasteiger partial charge in [-0.15, -0.1) is 11.3 Å². The molecule has 0 saturated carbocycles. The van der Waals surface area contributed by atoms with Crippen LogP contribution in [0.5, 0.6) is 0 Å². The molecule has 1 aliphatic rings. The Bertz CT molecular complexity index is 856. The van der Waals surface area contributed by atoms with Gasteiger partial charge in [-0.05, 0) is 31.2 Å². The lowest BCUT2D eigenvalue weighted by Crippen LogP contribution is -2.40. The van der Waals surface area contributed by atoms with Gasteiger partial charge in [0.2, 0.25) is 0 Å². The van der Waals surface area contributed by atoms with Crippen molar-refractivity contribution in [2.24, 2.45) is 4.99 Å². The molecule has 2 aromatic heterocycles. The summed E-state index contributed by atoms with van der Waals surface area (Å²) >= 11 is 1.28. The Morgan fingerprint density at radius 3 is 2.68 bits per heavy atom. The molecular weight excluding hydrogens is 398 g/mol. The van der Waals surface area contributed by atoms with Gasteiger partial charge in [-0.25, -0.2) is 13.4 Å². The monoisotopic (exact) mass is 425 g/mol. The van der Waals surface area contributed by atoms with Crippen LogP contribution in [0.3, 0.4) is 0 Å². The van der Waals surface area contributed by atoms with Gasteiger partial charge in [-0.3, -0.25) is 0 Å². The molecule has 0 aliphatic carbocycles. The van der Waals surface area contributed by atoms with E-state index in [9.17, 15) is 8.42 Å². The zero-order valence-corrected chi connectivity index (χ0v) is 17.6. The SMILES string of the molecule is CCNC(=NCc1ccc(S(=O)(=O)N2CCOCC2)s1)NCCn1cccc1. The number of hydrogen-bond acceptors (Lipinski definition) is 5. The van der Waals surface area contributed by atoms with E-state index in [1.165, 1.54) is 15.6 Å². The van der Waals surface area contributed by atoms with E-state index in [2.05, 4.69) is 20.2 Å². The van der Waals surface area contributed by atoms with Crippen LogP contribution >= 0.6 is 11.3 Å². The third kappa shape index (κ3) is 5.57. The minimum Gasteiger partial charge on any atom is -0.379 e. The molecule has 0 aromatic carbocycles. The number of morpholine rings is 1. The Morgan fingerprint density at radius 1 is 1.21 bits per heavy atom. The van der Waals surface area contributed by atoms with Crippen molar-refractivity contribution in [2.45, 2.75) is 24.2 Å². The van der Waals surface area contributed by atoms with E-state index >= 15 is 0 Å². The second kappa shape index (κ2) is 10.1. The number of hydrogen-bond donors (Lipinski definition) is 2. The highest BCUT2D eigenvalue weighted by molar-refractivity contribution is 7.91. The van der Waals surface area contributed by atoms with Crippen LogP contribution < -0.4 is 10.6 Å². The molecule has 3 rings (SSSR count). The van der Waals surface area contributed by atoms with Crippen molar-refractivity contribution < 1.29 is 13.2 Å². The van der Waals surface area contributed by atoms with Crippen LogP contribution in [-0.2, 0) is 27.8 Å². The Hall–Kier alpha value is -1.88. The lowest BCUT2D eigenvalue weighted by molar-refractivity contribution is 0.0731. The number of rotatable bonds is 8. The molecule has 2 aromatic rings. The molecule has 3 heterocycles. The quantitative estimate of drug-likeness (QED) is 0.492. The summed E-state index contributed by atoms with van der Waals surface area (Å²) in [7, 11) is -3.44. The maximum Gasteiger partial charge on any atom is 0.252 e. The highest BCUT2D eigenvalue weighted by Crippen LogP contribution is 2.26. The molecule has 1 aliphatic heterocycles. The third-order valence-electron chi connectivity index (χ3n) is 4.27. The molecule has 0 amide bonds. The molecular formula is C18H27N5O3S2. The summed E-state index contributed by atoms with van der Waals surface area (Å²) in [5.41, 5.74) is 0. The molecule has 28 heavy (non-hydrogen) atoms. The van der Waals surface area contributed by atoms with Gasteiger partial charge in [0.15, 0.2) is 5.96 Å². The van der Waals surface area contributed by atoms with E-state index < -0.39 is 10.0 Å². The molecule has 0 unspecified atom stereocenters. The average Bonchev–Trinajstić information content (AvgIpc) is 3.39. The van der Waals surface area contributed by atoms with Crippen molar-refractivity contribution in [3.8, 4) is 0 Å². The fraction of sp³-hybridized carbons (Fsp3) is 0.500. The van der Waals surface area contributed by atoms with Gasteiger partial charge in [0.05, 0.1) is 19.8 Å². The summed E-state index contributed by atoms with van der Waals surface area (Å²) in [5, 5.41) is 6.52. The highest BCUT2D eigenvalue weighted by atomic mass is 32.2. The van der Waals surface area contributed by atoms with Gasteiger partial charge < -0.3 is 19.9 Å². The van der Waals surface area contributed by atoms with E-state index in [0.29, 0.717) is 37.1 Å². The standard InChI is InChI=1S/C18H27N5O3S2/c1-2-19-18(20-7-10-22-8-3-4-9-22)21-15-16-5-6-17(27-16)28(24,25)23-11-13-26-14-12-23/h3-6,8-9H,2,7,10-15H2,1H3,(H2,19,20,21). The molecule has 2 N–H and O–H groups in total. The number of guanidine groups is 1. The van der Waals surface area contributed by atoms with Crippen molar-refractivity contribution in [2.75, 3.05) is 39.4 Å². The molecule has 0 atom stereocenters. The number of thiophene rings is 1. The largest absolute Gasteiger partial charge is 0.379 e. The second-order valence-electron chi connectivity index (χ2n) is 6.28. The predicted molar refractivity (Wildman–Crippen MR) is 111 cm³/mol. The number of aliphatic imine (C=N–C) groups is 1. The van der Waals surface area contributed by atoms with Crippen LogP contribution in [-0.4, -0.2) is 62.6 Å². The first-order valence-corrected chi connectivity index (χ1v) is 11.6. The summed E-state index contributed by atoms with van der Waals surface area (Å²) in [6, 6.07) is 7.51. The fourth-order valence-corrected chi connectivity index (χ4v) is 5.66. The number of ether oxygens (including phenoxy) is 1. The van der Waals surface area contributed by atoms with E-state index in [4.69, 9.17) is 4.74 Å². The minimum absolute atomic E-state index is 0.366. The van der Waals surface area contributed by atoms with Crippen LogP contribution in [0.1, 0.15) is 11.8 Å². The predicted octanol–water partition coefficient (Wildman–Crippen LogP) is 1.33. The van der Waals surface area contributed by atoms with Crippen molar-refractivity contribution in [3.05, 3.63) is 41.5 Å². The Morgan fingerprint density at radius 2 is 1.96 bits per heavy atom. The summed E-state index contributed by atoms with van der Waals surface area (Å²) < 4.78 is 34.6. The molecule has 1 fully saturated rings. The smallest absolute Gasteiger partial charge is 0.252 e. The van der Waals surface area contributed by atoms with Crippen LogP contribution in [0.15, 0.2) is 45.9 Å². The first-order valence-electron chi connectivity index (χ1n) is 9.39. The Kier molecular flexibility index (Phi) is 7.49. The zero-order valence-electron chi connectivity index (χ0n) is 16.0. The fourth-order valence-electron chi connectivity index (χ4n) is 2.82. The lowest BCUT2D eigenvalue weighted by atomic mass is 10.5. The van der Waals surface area contributed by atoms with Crippen LogP contribution in [0.25, 0.3) is 0 Å². The van der Waals surface area contributed by atoms with Crippen molar-refractivity contribution >= 4 is 27.3 Å². The number of nitrogens with one attached hydrogen (secondary N) is 2. The van der Waals surface area contributed by atoms with Gasteiger partial charge in [0, 0.05) is 50.0 Å². The molecule has 0 spiro atoms. The van der Waals surface area contributed by atoms with E-state index in [1.54, 1.807) is 6.07 Å². The number of nitrogens with zero attached hydrogens (tertiary/aromatic N) is 3. The van der Waals surface area contributed by atoms with Crippen LogP contribution in [0.2, 0.25) is 0 Å². The molecule has 10 heteroatoms. The summed E-state index contributed by atoms with van der Waals surface area (Å²) in [5.74, 6) is 0.723. The molecule has 0 radical (unpaired) electrons. The second-order valence-corrected chi connectivity index (χ2v) is 9.61. The first kappa shape index (κ1) is 20.8. The maximum absolute atomic E-state index is 12.7. The van der Waals surface area contributed by atoms with Crippen molar-refractivity contribution in [1.82, 2.24) is 19.5 Å². The van der Waals surface area contributed by atoms with Gasteiger partial charge in [-0.2, -0.15) is 4.31 Å². The summed E-state index contributed by atoms with van der Waals surface area (Å²) in [6.45, 7) is 6.51. The van der Waals surface area contributed by atoms with Gasteiger partial charge in [0.1, 0.15) is 4.21 Å². The Labute approximate surface area is 170 Å². The summed E-state index contributed by atoms with van der Waals surface area (Å²) in [6.07, 6.45) is 4.04. The van der Waals surface area contributed by atoms with Crippen molar-refractivity contribution in [3.63, 3.8) is 0 Å².